The van der Waals surface area contributed by atoms with Crippen molar-refractivity contribution in [1.29, 1.82) is 0 Å². The Morgan fingerprint density at radius 2 is 1.65 bits per heavy atom. The Balaban J connectivity index is 1.80. The zero-order chi connectivity index (χ0) is 14.4. The number of aromatic hydroxyl groups is 1. The van der Waals surface area contributed by atoms with Crippen LogP contribution in [0.3, 0.4) is 0 Å². The molecular weight excluding hydrogens is 250 g/mol. The molecule has 2 atom stereocenters. The fourth-order valence-corrected chi connectivity index (χ4v) is 2.15. The van der Waals surface area contributed by atoms with E-state index < -0.39 is 6.10 Å². The van der Waals surface area contributed by atoms with Crippen LogP contribution in [0.25, 0.3) is 0 Å². The SMILES string of the molecule is C[C@H](NC[C@@H](O)Cc1ccc(O)cc1)c1ccccc1. The summed E-state index contributed by atoms with van der Waals surface area (Å²) in [5, 5.41) is 22.6. The lowest BCUT2D eigenvalue weighted by atomic mass is 10.1. The first-order chi connectivity index (χ1) is 9.65. The van der Waals surface area contributed by atoms with Gasteiger partial charge in [0.1, 0.15) is 5.75 Å². The Bertz CT molecular complexity index is 510. The molecule has 0 aliphatic rings. The molecule has 0 bridgehead atoms. The van der Waals surface area contributed by atoms with Gasteiger partial charge in [-0.25, -0.2) is 0 Å². The molecule has 2 aromatic carbocycles. The lowest BCUT2D eigenvalue weighted by molar-refractivity contribution is 0.168. The smallest absolute Gasteiger partial charge is 0.115 e. The number of phenolic OH excluding ortho intramolecular Hbond substituents is 1. The fraction of sp³-hybridized carbons (Fsp3) is 0.294. The van der Waals surface area contributed by atoms with Crippen LogP contribution in [0, 0.1) is 0 Å². The molecule has 0 saturated heterocycles. The van der Waals surface area contributed by atoms with Crippen LogP contribution in [-0.2, 0) is 6.42 Å². The summed E-state index contributed by atoms with van der Waals surface area (Å²) >= 11 is 0. The van der Waals surface area contributed by atoms with E-state index in [1.165, 1.54) is 5.56 Å². The highest BCUT2D eigenvalue weighted by atomic mass is 16.3. The van der Waals surface area contributed by atoms with Crippen LogP contribution >= 0.6 is 0 Å². The Labute approximate surface area is 119 Å². The van der Waals surface area contributed by atoms with Gasteiger partial charge in [0.15, 0.2) is 0 Å². The third-order valence-corrected chi connectivity index (χ3v) is 3.37. The standard InChI is InChI=1S/C17H21NO2/c1-13(15-5-3-2-4-6-15)18-12-17(20)11-14-7-9-16(19)10-8-14/h2-10,13,17-20H,11-12H2,1H3/t13-,17-/m0/s1. The van der Waals surface area contributed by atoms with Gasteiger partial charge in [-0.2, -0.15) is 0 Å². The van der Waals surface area contributed by atoms with Gasteiger partial charge < -0.3 is 15.5 Å². The molecule has 0 fully saturated rings. The Morgan fingerprint density at radius 1 is 1.00 bits per heavy atom. The van der Waals surface area contributed by atoms with E-state index in [4.69, 9.17) is 0 Å². The van der Waals surface area contributed by atoms with Crippen LogP contribution in [0.4, 0.5) is 0 Å². The average molecular weight is 271 g/mol. The molecule has 0 unspecified atom stereocenters. The van der Waals surface area contributed by atoms with Gasteiger partial charge in [0.25, 0.3) is 0 Å². The topological polar surface area (TPSA) is 52.5 Å². The molecule has 3 heteroatoms. The third kappa shape index (κ3) is 4.37. The number of aliphatic hydroxyl groups excluding tert-OH is 1. The predicted octanol–water partition coefficient (Wildman–Crippen LogP) is 2.65. The van der Waals surface area contributed by atoms with E-state index in [1.54, 1.807) is 12.1 Å². The maximum atomic E-state index is 10.0. The van der Waals surface area contributed by atoms with E-state index in [2.05, 4.69) is 24.4 Å². The second-order valence-electron chi connectivity index (χ2n) is 5.07. The third-order valence-electron chi connectivity index (χ3n) is 3.37. The highest BCUT2D eigenvalue weighted by molar-refractivity contribution is 5.26. The molecule has 0 amide bonds. The molecule has 3 N–H and O–H groups in total. The van der Waals surface area contributed by atoms with Gasteiger partial charge in [0, 0.05) is 12.6 Å². The molecule has 20 heavy (non-hydrogen) atoms. The molecule has 0 aromatic heterocycles. The van der Waals surface area contributed by atoms with Crippen molar-refractivity contribution < 1.29 is 10.2 Å². The molecule has 3 nitrogen and oxygen atoms in total. The first-order valence-electron chi connectivity index (χ1n) is 6.89. The first kappa shape index (κ1) is 14.6. The largest absolute Gasteiger partial charge is 0.508 e. The molecule has 0 radical (unpaired) electrons. The Morgan fingerprint density at radius 3 is 2.30 bits per heavy atom. The van der Waals surface area contributed by atoms with Gasteiger partial charge in [-0.1, -0.05) is 42.5 Å². The second-order valence-corrected chi connectivity index (χ2v) is 5.07. The molecule has 0 aliphatic heterocycles. The van der Waals surface area contributed by atoms with Gasteiger partial charge in [0.05, 0.1) is 6.10 Å². The Hall–Kier alpha value is -1.84. The normalized spacial score (nSPS) is 13.9. The van der Waals surface area contributed by atoms with E-state index in [0.29, 0.717) is 13.0 Å². The van der Waals surface area contributed by atoms with Crippen molar-refractivity contribution in [3.05, 3.63) is 65.7 Å². The minimum absolute atomic E-state index is 0.214. The van der Waals surface area contributed by atoms with Crippen LogP contribution in [0.15, 0.2) is 54.6 Å². The van der Waals surface area contributed by atoms with E-state index in [-0.39, 0.29) is 11.8 Å². The number of benzene rings is 2. The molecule has 2 aromatic rings. The van der Waals surface area contributed by atoms with Crippen molar-refractivity contribution in [3.63, 3.8) is 0 Å². The molecule has 0 aliphatic carbocycles. The van der Waals surface area contributed by atoms with E-state index in [1.807, 2.05) is 30.3 Å². The molecule has 106 valence electrons. The predicted molar refractivity (Wildman–Crippen MR) is 80.7 cm³/mol. The summed E-state index contributed by atoms with van der Waals surface area (Å²) < 4.78 is 0. The summed E-state index contributed by atoms with van der Waals surface area (Å²) in [5.41, 5.74) is 2.23. The van der Waals surface area contributed by atoms with Crippen molar-refractivity contribution in [2.75, 3.05) is 6.54 Å². The lowest BCUT2D eigenvalue weighted by Gasteiger charge is -2.17. The minimum atomic E-state index is -0.439. The molecule has 0 saturated carbocycles. The highest BCUT2D eigenvalue weighted by Crippen LogP contribution is 2.13. The maximum absolute atomic E-state index is 10.0. The average Bonchev–Trinajstić information content (AvgIpc) is 2.48. The number of aliphatic hydroxyl groups is 1. The van der Waals surface area contributed by atoms with Crippen molar-refractivity contribution in [3.8, 4) is 5.75 Å². The van der Waals surface area contributed by atoms with Crippen molar-refractivity contribution in [2.24, 2.45) is 0 Å². The first-order valence-corrected chi connectivity index (χ1v) is 6.89. The molecule has 2 rings (SSSR count). The minimum Gasteiger partial charge on any atom is -0.508 e. The van der Waals surface area contributed by atoms with E-state index >= 15 is 0 Å². The van der Waals surface area contributed by atoms with Gasteiger partial charge >= 0.3 is 0 Å². The quantitative estimate of drug-likeness (QED) is 0.757. The molecular formula is C17H21NO2. The summed E-state index contributed by atoms with van der Waals surface area (Å²) in [6.45, 7) is 2.62. The zero-order valence-corrected chi connectivity index (χ0v) is 11.7. The zero-order valence-electron chi connectivity index (χ0n) is 11.7. The summed E-state index contributed by atoms with van der Waals surface area (Å²) in [4.78, 5) is 0. The van der Waals surface area contributed by atoms with Crippen LogP contribution in [0.1, 0.15) is 24.1 Å². The van der Waals surface area contributed by atoms with E-state index in [9.17, 15) is 10.2 Å². The Kier molecular flexibility index (Phi) is 5.16. The molecule has 0 spiro atoms. The van der Waals surface area contributed by atoms with Crippen molar-refractivity contribution in [2.45, 2.75) is 25.5 Å². The summed E-state index contributed by atoms with van der Waals surface area (Å²) in [5.74, 6) is 0.249. The maximum Gasteiger partial charge on any atom is 0.115 e. The number of phenols is 1. The highest BCUT2D eigenvalue weighted by Gasteiger charge is 2.09. The van der Waals surface area contributed by atoms with E-state index in [0.717, 1.165) is 5.56 Å². The van der Waals surface area contributed by atoms with Gasteiger partial charge in [-0.3, -0.25) is 0 Å². The second kappa shape index (κ2) is 7.08. The number of rotatable bonds is 6. The van der Waals surface area contributed by atoms with Crippen LogP contribution in [0.2, 0.25) is 0 Å². The summed E-state index contributed by atoms with van der Waals surface area (Å²) in [7, 11) is 0. The van der Waals surface area contributed by atoms with Gasteiger partial charge in [-0.05, 0) is 36.6 Å². The van der Waals surface area contributed by atoms with Crippen LogP contribution in [-0.4, -0.2) is 22.9 Å². The van der Waals surface area contributed by atoms with Crippen LogP contribution < -0.4 is 5.32 Å². The summed E-state index contributed by atoms with van der Waals surface area (Å²) in [6, 6.07) is 17.3. The lowest BCUT2D eigenvalue weighted by Crippen LogP contribution is -2.30. The fourth-order valence-electron chi connectivity index (χ4n) is 2.15. The van der Waals surface area contributed by atoms with Gasteiger partial charge in [-0.15, -0.1) is 0 Å². The van der Waals surface area contributed by atoms with Gasteiger partial charge in [0.2, 0.25) is 0 Å². The number of hydrogen-bond donors (Lipinski definition) is 3. The van der Waals surface area contributed by atoms with Crippen LogP contribution in [0.5, 0.6) is 5.75 Å². The molecule has 0 heterocycles. The van der Waals surface area contributed by atoms with Crippen molar-refractivity contribution in [1.82, 2.24) is 5.32 Å². The number of nitrogens with one attached hydrogen (secondary N) is 1. The number of hydrogen-bond acceptors (Lipinski definition) is 3. The van der Waals surface area contributed by atoms with Crippen molar-refractivity contribution >= 4 is 0 Å². The summed E-state index contributed by atoms with van der Waals surface area (Å²) in [6.07, 6.45) is 0.139. The monoisotopic (exact) mass is 271 g/mol.